The first kappa shape index (κ1) is 13.7. The molecule has 0 aliphatic carbocycles. The lowest BCUT2D eigenvalue weighted by atomic mass is 10.1. The van der Waals surface area contributed by atoms with Crippen molar-refractivity contribution in [2.45, 2.75) is 46.0 Å². The summed E-state index contributed by atoms with van der Waals surface area (Å²) in [6.45, 7) is 7.14. The number of hydrogen-bond acceptors (Lipinski definition) is 4. The zero-order valence-corrected chi connectivity index (χ0v) is 10.9. The van der Waals surface area contributed by atoms with Crippen LogP contribution in [0.4, 0.5) is 0 Å². The number of hydrogen-bond donors (Lipinski definition) is 1. The molecule has 0 radical (unpaired) electrons. The van der Waals surface area contributed by atoms with E-state index >= 15 is 0 Å². The zero-order chi connectivity index (χ0) is 13.2. The second kappa shape index (κ2) is 5.30. The molecule has 0 saturated heterocycles. The quantitative estimate of drug-likeness (QED) is 0.859. The number of aryl methyl sites for hydroxylation is 2. The maximum Gasteiger partial charge on any atom is 0.173 e. The smallest absolute Gasteiger partial charge is 0.173 e. The van der Waals surface area contributed by atoms with E-state index in [1.165, 1.54) is 0 Å². The Morgan fingerprint density at radius 2 is 2.00 bits per heavy atom. The van der Waals surface area contributed by atoms with Gasteiger partial charge in [-0.25, -0.2) is 0 Å². The van der Waals surface area contributed by atoms with Crippen LogP contribution in [-0.2, 0) is 11.8 Å². The molecular formula is C12H19N3O2. The molecule has 1 aromatic heterocycles. The lowest BCUT2D eigenvalue weighted by molar-refractivity contribution is -0.0429. The molecule has 1 N–H and O–H groups in total. The molecule has 1 aromatic rings. The van der Waals surface area contributed by atoms with Gasteiger partial charge in [-0.1, -0.05) is 0 Å². The summed E-state index contributed by atoms with van der Waals surface area (Å²) in [4.78, 5) is 0. The van der Waals surface area contributed by atoms with Crippen LogP contribution in [0.15, 0.2) is 0 Å². The van der Waals surface area contributed by atoms with Gasteiger partial charge in [-0.15, -0.1) is 0 Å². The van der Waals surface area contributed by atoms with Crippen molar-refractivity contribution in [3.63, 3.8) is 0 Å². The van der Waals surface area contributed by atoms with Crippen LogP contribution in [0.2, 0.25) is 0 Å². The molecular weight excluding hydrogens is 218 g/mol. The van der Waals surface area contributed by atoms with Gasteiger partial charge in [-0.2, -0.15) is 10.4 Å². The number of aromatic nitrogens is 2. The molecule has 1 heterocycles. The van der Waals surface area contributed by atoms with Crippen LogP contribution in [-0.4, -0.2) is 27.1 Å². The number of nitrogens with zero attached hydrogens (tertiary/aromatic N) is 3. The van der Waals surface area contributed by atoms with Gasteiger partial charge in [0.1, 0.15) is 0 Å². The summed E-state index contributed by atoms with van der Waals surface area (Å²) < 4.78 is 7.29. The van der Waals surface area contributed by atoms with Crippen molar-refractivity contribution in [2.75, 3.05) is 0 Å². The van der Waals surface area contributed by atoms with E-state index in [4.69, 9.17) is 4.74 Å². The fraction of sp³-hybridized carbons (Fsp3) is 0.667. The van der Waals surface area contributed by atoms with Crippen LogP contribution in [0.5, 0.6) is 0 Å². The largest absolute Gasteiger partial charge is 0.391 e. The lowest BCUT2D eigenvalue weighted by Gasteiger charge is -2.19. The Morgan fingerprint density at radius 3 is 2.35 bits per heavy atom. The van der Waals surface area contributed by atoms with E-state index in [-0.39, 0.29) is 0 Å². The van der Waals surface area contributed by atoms with Crippen molar-refractivity contribution in [2.24, 2.45) is 7.05 Å². The molecule has 94 valence electrons. The molecule has 17 heavy (non-hydrogen) atoms. The molecule has 1 rings (SSSR count). The second-order valence-electron chi connectivity index (χ2n) is 4.30. The van der Waals surface area contributed by atoms with Crippen molar-refractivity contribution < 1.29 is 9.84 Å². The Hall–Kier alpha value is -1.38. The number of ether oxygens (including phenoxy) is 1. The van der Waals surface area contributed by atoms with Crippen LogP contribution >= 0.6 is 0 Å². The standard InChI is InChI=1S/C12H19N3O2/c1-7-12(8(2)15(5)14-7)11(6-13)17-10(4)9(3)16/h9-11,16H,1-5H3. The van der Waals surface area contributed by atoms with E-state index in [9.17, 15) is 10.4 Å². The van der Waals surface area contributed by atoms with Crippen LogP contribution in [0, 0.1) is 25.2 Å². The minimum absolute atomic E-state index is 0.390. The summed E-state index contributed by atoms with van der Waals surface area (Å²) in [5, 5.41) is 22.8. The maximum atomic E-state index is 9.40. The highest BCUT2D eigenvalue weighted by molar-refractivity contribution is 5.30. The van der Waals surface area contributed by atoms with Gasteiger partial charge in [0.2, 0.25) is 0 Å². The Morgan fingerprint density at radius 1 is 1.41 bits per heavy atom. The SMILES string of the molecule is Cc1nn(C)c(C)c1C(C#N)OC(C)C(C)O. The summed E-state index contributed by atoms with van der Waals surface area (Å²) in [7, 11) is 1.83. The summed E-state index contributed by atoms with van der Waals surface area (Å²) in [5.74, 6) is 0. The molecule has 5 nitrogen and oxygen atoms in total. The van der Waals surface area contributed by atoms with E-state index in [2.05, 4.69) is 11.2 Å². The van der Waals surface area contributed by atoms with Gasteiger partial charge < -0.3 is 9.84 Å². The maximum absolute atomic E-state index is 9.40. The van der Waals surface area contributed by atoms with Gasteiger partial charge in [-0.05, 0) is 27.7 Å². The summed E-state index contributed by atoms with van der Waals surface area (Å²) in [6.07, 6.45) is -1.69. The van der Waals surface area contributed by atoms with E-state index in [1.807, 2.05) is 20.9 Å². The van der Waals surface area contributed by atoms with Crippen molar-refractivity contribution >= 4 is 0 Å². The summed E-state index contributed by atoms with van der Waals surface area (Å²) >= 11 is 0. The number of aliphatic hydroxyl groups excluding tert-OH is 1. The van der Waals surface area contributed by atoms with Crippen LogP contribution in [0.1, 0.15) is 36.9 Å². The van der Waals surface area contributed by atoms with Crippen molar-refractivity contribution in [1.82, 2.24) is 9.78 Å². The van der Waals surface area contributed by atoms with Crippen molar-refractivity contribution in [1.29, 1.82) is 5.26 Å². The van der Waals surface area contributed by atoms with E-state index in [0.717, 1.165) is 17.0 Å². The van der Waals surface area contributed by atoms with E-state index < -0.39 is 18.3 Å². The Balaban J connectivity index is 2.99. The van der Waals surface area contributed by atoms with Gasteiger partial charge in [0.25, 0.3) is 0 Å². The first-order valence-electron chi connectivity index (χ1n) is 5.61. The number of rotatable bonds is 4. The Labute approximate surface area is 102 Å². The highest BCUT2D eigenvalue weighted by atomic mass is 16.5. The molecule has 3 atom stereocenters. The monoisotopic (exact) mass is 237 g/mol. The summed E-state index contributed by atoms with van der Waals surface area (Å²) in [5.41, 5.74) is 2.49. The van der Waals surface area contributed by atoms with Crippen molar-refractivity contribution in [3.05, 3.63) is 17.0 Å². The van der Waals surface area contributed by atoms with Crippen LogP contribution in [0.3, 0.4) is 0 Å². The number of aliphatic hydroxyl groups is 1. The molecule has 0 bridgehead atoms. The van der Waals surface area contributed by atoms with Gasteiger partial charge in [0.15, 0.2) is 6.10 Å². The Kier molecular flexibility index (Phi) is 4.27. The third kappa shape index (κ3) is 2.84. The van der Waals surface area contributed by atoms with Gasteiger partial charge in [-0.3, -0.25) is 4.68 Å². The molecule has 0 fully saturated rings. The van der Waals surface area contributed by atoms with Gasteiger partial charge in [0.05, 0.1) is 24.0 Å². The molecule has 5 heteroatoms. The molecule has 0 aromatic carbocycles. The minimum atomic E-state index is -0.687. The van der Waals surface area contributed by atoms with Crippen LogP contribution in [0.25, 0.3) is 0 Å². The highest BCUT2D eigenvalue weighted by Gasteiger charge is 2.24. The number of nitriles is 1. The molecule has 0 saturated carbocycles. The van der Waals surface area contributed by atoms with E-state index in [0.29, 0.717) is 0 Å². The Bertz CT molecular complexity index is 432. The highest BCUT2D eigenvalue weighted by Crippen LogP contribution is 2.25. The van der Waals surface area contributed by atoms with Crippen molar-refractivity contribution in [3.8, 4) is 6.07 Å². The second-order valence-corrected chi connectivity index (χ2v) is 4.30. The third-order valence-corrected chi connectivity index (χ3v) is 2.97. The molecule has 0 amide bonds. The first-order chi connectivity index (χ1) is 7.88. The topological polar surface area (TPSA) is 71.1 Å². The predicted molar refractivity (Wildman–Crippen MR) is 63.3 cm³/mol. The molecule has 0 spiro atoms. The lowest BCUT2D eigenvalue weighted by Crippen LogP contribution is -2.24. The fourth-order valence-electron chi connectivity index (χ4n) is 1.66. The third-order valence-electron chi connectivity index (χ3n) is 2.97. The predicted octanol–water partition coefficient (Wildman–Crippen LogP) is 1.39. The van der Waals surface area contributed by atoms with E-state index in [1.54, 1.807) is 18.5 Å². The van der Waals surface area contributed by atoms with Gasteiger partial charge >= 0.3 is 0 Å². The summed E-state index contributed by atoms with van der Waals surface area (Å²) in [6, 6.07) is 2.11. The zero-order valence-electron chi connectivity index (χ0n) is 10.9. The average Bonchev–Trinajstić information content (AvgIpc) is 2.50. The van der Waals surface area contributed by atoms with Gasteiger partial charge in [0, 0.05) is 18.3 Å². The molecule has 0 aliphatic rings. The average molecular weight is 237 g/mol. The molecule has 0 aliphatic heterocycles. The first-order valence-corrected chi connectivity index (χ1v) is 5.61. The van der Waals surface area contributed by atoms with Crippen LogP contribution < -0.4 is 0 Å². The fourth-order valence-corrected chi connectivity index (χ4v) is 1.66. The molecule has 3 unspecified atom stereocenters. The minimum Gasteiger partial charge on any atom is -0.391 e. The normalized spacial score (nSPS) is 16.3.